The Morgan fingerprint density at radius 3 is 2.74 bits per heavy atom. The maximum Gasteiger partial charge on any atom is 0.271 e. The largest absolute Gasteiger partial charge is 0.493 e. The van der Waals surface area contributed by atoms with Crippen LogP contribution in [0.5, 0.6) is 5.75 Å². The van der Waals surface area contributed by atoms with Gasteiger partial charge in [-0.15, -0.1) is 0 Å². The van der Waals surface area contributed by atoms with E-state index in [9.17, 15) is 4.79 Å². The van der Waals surface area contributed by atoms with Gasteiger partial charge in [0.2, 0.25) is 0 Å². The molecule has 0 saturated heterocycles. The molecular weight excluding hydrogens is 288 g/mol. The summed E-state index contributed by atoms with van der Waals surface area (Å²) in [4.78, 5) is 12.0. The second kappa shape index (κ2) is 8.13. The van der Waals surface area contributed by atoms with Crippen LogP contribution in [0.3, 0.4) is 0 Å². The lowest BCUT2D eigenvalue weighted by Crippen LogP contribution is -2.17. The summed E-state index contributed by atoms with van der Waals surface area (Å²) in [6.07, 6.45) is 1.60. The Morgan fingerprint density at radius 2 is 2.00 bits per heavy atom. The average Bonchev–Trinajstić information content (AvgIpc) is 2.53. The third kappa shape index (κ3) is 5.25. The lowest BCUT2D eigenvalue weighted by atomic mass is 10.1. The van der Waals surface area contributed by atoms with Crippen molar-refractivity contribution >= 4 is 12.1 Å². The Kier molecular flexibility index (Phi) is 5.92. The number of ether oxygens (including phenoxy) is 1. The molecule has 0 aliphatic carbocycles. The number of carbonyl (C=O) groups is 1. The SMILES string of the molecule is Cc1cccc(C(=O)N/N=C\c2ccccc2OCC(C)C)c1. The van der Waals surface area contributed by atoms with Crippen molar-refractivity contribution in [3.05, 3.63) is 65.2 Å². The smallest absolute Gasteiger partial charge is 0.271 e. The summed E-state index contributed by atoms with van der Waals surface area (Å²) in [5.74, 6) is 0.973. The van der Waals surface area contributed by atoms with Crippen molar-refractivity contribution in [2.75, 3.05) is 6.61 Å². The predicted octanol–water partition coefficient (Wildman–Crippen LogP) is 3.79. The van der Waals surface area contributed by atoms with Crippen molar-refractivity contribution in [1.29, 1.82) is 0 Å². The van der Waals surface area contributed by atoms with E-state index >= 15 is 0 Å². The monoisotopic (exact) mass is 310 g/mol. The van der Waals surface area contributed by atoms with Crippen LogP contribution in [0.1, 0.15) is 35.3 Å². The van der Waals surface area contributed by atoms with Gasteiger partial charge in [-0.3, -0.25) is 4.79 Å². The van der Waals surface area contributed by atoms with Crippen molar-refractivity contribution in [3.8, 4) is 5.75 Å². The maximum atomic E-state index is 12.0. The van der Waals surface area contributed by atoms with E-state index in [2.05, 4.69) is 24.4 Å². The summed E-state index contributed by atoms with van der Waals surface area (Å²) >= 11 is 0. The zero-order chi connectivity index (χ0) is 16.7. The molecule has 1 N–H and O–H groups in total. The number of carbonyl (C=O) groups excluding carboxylic acids is 1. The first-order chi connectivity index (χ1) is 11.1. The number of rotatable bonds is 6. The van der Waals surface area contributed by atoms with Crippen LogP contribution in [-0.2, 0) is 0 Å². The fourth-order valence-electron chi connectivity index (χ4n) is 1.99. The standard InChI is InChI=1S/C19H22N2O2/c1-14(2)13-23-18-10-5-4-8-17(18)12-20-21-19(22)16-9-6-7-15(3)11-16/h4-12,14H,13H2,1-3H3,(H,21,22)/b20-12-. The van der Waals surface area contributed by atoms with E-state index in [0.717, 1.165) is 16.9 Å². The summed E-state index contributed by atoms with van der Waals surface area (Å²) in [5.41, 5.74) is 5.00. The first-order valence-electron chi connectivity index (χ1n) is 7.68. The Labute approximate surface area is 137 Å². The number of hydrogen-bond acceptors (Lipinski definition) is 3. The van der Waals surface area contributed by atoms with E-state index < -0.39 is 0 Å². The molecule has 0 radical (unpaired) electrons. The lowest BCUT2D eigenvalue weighted by Gasteiger charge is -2.10. The van der Waals surface area contributed by atoms with Gasteiger partial charge in [0.25, 0.3) is 5.91 Å². The quantitative estimate of drug-likeness (QED) is 0.652. The van der Waals surface area contributed by atoms with Crippen LogP contribution in [0, 0.1) is 12.8 Å². The van der Waals surface area contributed by atoms with Gasteiger partial charge in [-0.05, 0) is 37.1 Å². The number of para-hydroxylation sites is 1. The van der Waals surface area contributed by atoms with Gasteiger partial charge in [0.05, 0.1) is 12.8 Å². The molecule has 4 heteroatoms. The topological polar surface area (TPSA) is 50.7 Å². The van der Waals surface area contributed by atoms with E-state index in [1.165, 1.54) is 0 Å². The van der Waals surface area contributed by atoms with Gasteiger partial charge in [-0.1, -0.05) is 43.7 Å². The molecule has 0 atom stereocenters. The van der Waals surface area contributed by atoms with E-state index in [-0.39, 0.29) is 5.91 Å². The highest BCUT2D eigenvalue weighted by atomic mass is 16.5. The number of aryl methyl sites for hydroxylation is 1. The van der Waals surface area contributed by atoms with Crippen LogP contribution in [0.4, 0.5) is 0 Å². The number of nitrogens with one attached hydrogen (secondary N) is 1. The van der Waals surface area contributed by atoms with Crippen molar-refractivity contribution in [2.24, 2.45) is 11.0 Å². The van der Waals surface area contributed by atoms with Crippen LogP contribution < -0.4 is 10.2 Å². The summed E-state index contributed by atoms with van der Waals surface area (Å²) in [7, 11) is 0. The highest BCUT2D eigenvalue weighted by molar-refractivity contribution is 5.95. The fraction of sp³-hybridized carbons (Fsp3) is 0.263. The highest BCUT2D eigenvalue weighted by Gasteiger charge is 2.05. The second-order valence-electron chi connectivity index (χ2n) is 5.81. The summed E-state index contributed by atoms with van der Waals surface area (Å²) in [6, 6.07) is 15.0. The Hall–Kier alpha value is -2.62. The summed E-state index contributed by atoms with van der Waals surface area (Å²) in [6.45, 7) is 6.78. The third-order valence-corrected chi connectivity index (χ3v) is 3.14. The fourth-order valence-corrected chi connectivity index (χ4v) is 1.99. The van der Waals surface area contributed by atoms with Crippen LogP contribution in [0.15, 0.2) is 53.6 Å². The predicted molar refractivity (Wildman–Crippen MR) is 93.0 cm³/mol. The Balaban J connectivity index is 2.01. The van der Waals surface area contributed by atoms with Crippen molar-refractivity contribution in [3.63, 3.8) is 0 Å². The molecule has 1 amide bonds. The van der Waals surface area contributed by atoms with Gasteiger partial charge < -0.3 is 4.74 Å². The minimum absolute atomic E-state index is 0.231. The highest BCUT2D eigenvalue weighted by Crippen LogP contribution is 2.16. The first kappa shape index (κ1) is 16.7. The van der Waals surface area contributed by atoms with Gasteiger partial charge in [-0.2, -0.15) is 5.10 Å². The van der Waals surface area contributed by atoms with Crippen LogP contribution >= 0.6 is 0 Å². The maximum absolute atomic E-state index is 12.0. The van der Waals surface area contributed by atoms with Gasteiger partial charge in [0.1, 0.15) is 5.75 Å². The Bertz CT molecular complexity index is 693. The van der Waals surface area contributed by atoms with Crippen LogP contribution in [-0.4, -0.2) is 18.7 Å². The number of hydrazone groups is 1. The first-order valence-corrected chi connectivity index (χ1v) is 7.68. The number of hydrogen-bond donors (Lipinski definition) is 1. The molecule has 2 aromatic carbocycles. The molecule has 120 valence electrons. The van der Waals surface area contributed by atoms with E-state index in [0.29, 0.717) is 18.1 Å². The molecule has 0 unspecified atom stereocenters. The number of benzene rings is 2. The minimum atomic E-state index is -0.231. The molecule has 0 fully saturated rings. The molecule has 0 aliphatic heterocycles. The molecule has 2 aromatic rings. The molecule has 2 rings (SSSR count). The molecule has 4 nitrogen and oxygen atoms in total. The molecular formula is C19H22N2O2. The summed E-state index contributed by atoms with van der Waals surface area (Å²) in [5, 5.41) is 4.03. The molecule has 0 spiro atoms. The van der Waals surface area contributed by atoms with Crippen LogP contribution in [0.25, 0.3) is 0 Å². The molecule has 0 saturated carbocycles. The van der Waals surface area contributed by atoms with Crippen molar-refractivity contribution < 1.29 is 9.53 Å². The molecule has 0 bridgehead atoms. The molecule has 0 aromatic heterocycles. The zero-order valence-electron chi connectivity index (χ0n) is 13.7. The Morgan fingerprint density at radius 1 is 1.22 bits per heavy atom. The minimum Gasteiger partial charge on any atom is -0.493 e. The van der Waals surface area contributed by atoms with Crippen molar-refractivity contribution in [1.82, 2.24) is 5.43 Å². The summed E-state index contributed by atoms with van der Waals surface area (Å²) < 4.78 is 5.75. The van der Waals surface area contributed by atoms with Gasteiger partial charge in [-0.25, -0.2) is 5.43 Å². The normalized spacial score (nSPS) is 11.0. The molecule has 0 aliphatic rings. The lowest BCUT2D eigenvalue weighted by molar-refractivity contribution is 0.0955. The van der Waals surface area contributed by atoms with Crippen molar-refractivity contribution in [2.45, 2.75) is 20.8 Å². The van der Waals surface area contributed by atoms with E-state index in [1.807, 2.05) is 49.4 Å². The third-order valence-electron chi connectivity index (χ3n) is 3.14. The number of nitrogens with zero attached hydrogens (tertiary/aromatic N) is 1. The molecule has 0 heterocycles. The zero-order valence-corrected chi connectivity index (χ0v) is 13.7. The van der Waals surface area contributed by atoms with Gasteiger partial charge in [0, 0.05) is 11.1 Å². The second-order valence-corrected chi connectivity index (χ2v) is 5.81. The van der Waals surface area contributed by atoms with Crippen LogP contribution in [0.2, 0.25) is 0 Å². The van der Waals surface area contributed by atoms with E-state index in [4.69, 9.17) is 4.74 Å². The molecule has 23 heavy (non-hydrogen) atoms. The number of amides is 1. The average molecular weight is 310 g/mol. The van der Waals surface area contributed by atoms with E-state index in [1.54, 1.807) is 12.3 Å². The van der Waals surface area contributed by atoms with Gasteiger partial charge >= 0.3 is 0 Å². The van der Waals surface area contributed by atoms with Gasteiger partial charge in [0.15, 0.2) is 0 Å².